The summed E-state index contributed by atoms with van der Waals surface area (Å²) in [5, 5.41) is 1.37. The normalized spacial score (nSPS) is 11.5. The number of nitrogens with one attached hydrogen (secondary N) is 1. The maximum Gasteiger partial charge on any atom is 0.179 e. The molecule has 0 saturated heterocycles. The summed E-state index contributed by atoms with van der Waals surface area (Å²) in [5.74, 6) is 0. The van der Waals surface area contributed by atoms with Crippen LogP contribution in [0.1, 0.15) is 0 Å². The molecule has 0 bridgehead atoms. The van der Waals surface area contributed by atoms with E-state index in [0.717, 1.165) is 0 Å². The molecule has 1 N–H and O–H groups in total. The lowest BCUT2D eigenvalue weighted by molar-refractivity contribution is -2.00. The van der Waals surface area contributed by atoms with E-state index in [2.05, 4.69) is 48.0 Å². The summed E-state index contributed by atoms with van der Waals surface area (Å²) in [4.78, 5) is 4.71. The van der Waals surface area contributed by atoms with Crippen molar-refractivity contribution in [2.24, 2.45) is 0 Å². The van der Waals surface area contributed by atoms with Crippen molar-refractivity contribution in [3.63, 3.8) is 0 Å². The molecule has 0 unspecified atom stereocenters. The first kappa shape index (κ1) is 14.3. The Morgan fingerprint density at radius 1 is 1.06 bits per heavy atom. The van der Waals surface area contributed by atoms with Crippen LogP contribution in [0.4, 0.5) is 0 Å². The smallest absolute Gasteiger partial charge is 0.179 e. The SMILES string of the molecule is C[S+](C)c1c[nH]c2ccccc12.[O-][Cl+3]([O-])([O-])[O-]. The van der Waals surface area contributed by atoms with Crippen molar-refractivity contribution in [2.45, 2.75) is 4.90 Å². The molecule has 0 saturated carbocycles. The Labute approximate surface area is 104 Å². The molecule has 1 aromatic carbocycles. The summed E-state index contributed by atoms with van der Waals surface area (Å²) in [6.07, 6.45) is 6.61. The molecule has 0 aliphatic heterocycles. The van der Waals surface area contributed by atoms with E-state index in [9.17, 15) is 0 Å². The molecule has 17 heavy (non-hydrogen) atoms. The highest BCUT2D eigenvalue weighted by molar-refractivity contribution is 7.95. The molecule has 0 fully saturated rings. The highest BCUT2D eigenvalue weighted by atomic mass is 35.7. The van der Waals surface area contributed by atoms with Crippen molar-refractivity contribution in [1.29, 1.82) is 0 Å². The zero-order valence-corrected chi connectivity index (χ0v) is 10.9. The quantitative estimate of drug-likeness (QED) is 0.589. The van der Waals surface area contributed by atoms with Gasteiger partial charge in [-0.2, -0.15) is 0 Å². The van der Waals surface area contributed by atoms with Crippen LogP contribution in [0.3, 0.4) is 0 Å². The lowest BCUT2D eigenvalue weighted by Gasteiger charge is -2.17. The number of rotatable bonds is 1. The summed E-state index contributed by atoms with van der Waals surface area (Å²) in [6, 6.07) is 8.44. The van der Waals surface area contributed by atoms with Gasteiger partial charge in [-0.25, -0.2) is 18.6 Å². The average Bonchev–Trinajstić information content (AvgIpc) is 2.58. The standard InChI is InChI=1S/C10H12NS.ClHO4/c1-12(2)10-7-11-9-6-4-3-5-8(9)10;2-1(3,4)5/h3-7,11H,1-2H3;(H,2,3,4,5)/q+1;/p-1. The van der Waals surface area contributed by atoms with Crippen LogP contribution in [0.15, 0.2) is 35.4 Å². The second kappa shape index (κ2) is 5.72. The molecule has 1 aromatic heterocycles. The van der Waals surface area contributed by atoms with Gasteiger partial charge in [-0.1, -0.05) is 12.1 Å². The van der Waals surface area contributed by atoms with E-state index in [1.165, 1.54) is 15.8 Å². The van der Waals surface area contributed by atoms with Gasteiger partial charge in [0, 0.05) is 10.9 Å². The average molecular weight is 278 g/mol. The monoisotopic (exact) mass is 277 g/mol. The summed E-state index contributed by atoms with van der Waals surface area (Å²) < 4.78 is 34.0. The van der Waals surface area contributed by atoms with E-state index in [-0.39, 0.29) is 0 Å². The van der Waals surface area contributed by atoms with Crippen molar-refractivity contribution in [3.8, 4) is 0 Å². The van der Waals surface area contributed by atoms with Gasteiger partial charge in [0.15, 0.2) is 4.90 Å². The van der Waals surface area contributed by atoms with Gasteiger partial charge < -0.3 is 4.98 Å². The Hall–Kier alpha value is -0.760. The Morgan fingerprint density at radius 3 is 2.12 bits per heavy atom. The van der Waals surface area contributed by atoms with Gasteiger partial charge in [-0.05, 0) is 12.1 Å². The van der Waals surface area contributed by atoms with Crippen molar-refractivity contribution >= 4 is 21.8 Å². The molecule has 0 aliphatic carbocycles. The largest absolute Gasteiger partial charge is 0.357 e. The van der Waals surface area contributed by atoms with Crippen LogP contribution in [0.5, 0.6) is 0 Å². The van der Waals surface area contributed by atoms with Crippen LogP contribution >= 0.6 is 0 Å². The number of benzene rings is 1. The fraction of sp³-hybridized carbons (Fsp3) is 0.200. The van der Waals surface area contributed by atoms with Gasteiger partial charge in [0.05, 0.1) is 17.1 Å². The number of hydrogen-bond acceptors (Lipinski definition) is 4. The molecule has 2 aromatic rings. The summed E-state index contributed by atoms with van der Waals surface area (Å²) in [6.45, 7) is 0. The van der Waals surface area contributed by atoms with Gasteiger partial charge >= 0.3 is 0 Å². The zero-order chi connectivity index (χ0) is 13.1. The number of H-pyrrole nitrogens is 1. The lowest BCUT2D eigenvalue weighted by atomic mass is 10.2. The van der Waals surface area contributed by atoms with Crippen LogP contribution in [0.2, 0.25) is 0 Å². The first-order valence-corrected chi connectivity index (χ1v) is 7.82. The molecule has 0 amide bonds. The van der Waals surface area contributed by atoms with Crippen LogP contribution in [0, 0.1) is 10.2 Å². The second-order valence-electron chi connectivity index (χ2n) is 3.39. The molecule has 0 spiro atoms. The van der Waals surface area contributed by atoms with E-state index in [0.29, 0.717) is 10.9 Å². The maximum atomic E-state index is 8.49. The second-order valence-corrected chi connectivity index (χ2v) is 6.22. The van der Waals surface area contributed by atoms with E-state index in [4.69, 9.17) is 18.6 Å². The third-order valence-electron chi connectivity index (χ3n) is 1.99. The molecule has 1 heterocycles. The molecule has 0 aliphatic rings. The van der Waals surface area contributed by atoms with Crippen molar-refractivity contribution < 1.29 is 28.9 Å². The molecule has 0 radical (unpaired) electrons. The van der Waals surface area contributed by atoms with E-state index >= 15 is 0 Å². The van der Waals surface area contributed by atoms with Crippen molar-refractivity contribution in [1.82, 2.24) is 4.98 Å². The first-order valence-electron chi connectivity index (χ1n) is 4.54. The fourth-order valence-corrected chi connectivity index (χ4v) is 2.30. The van der Waals surface area contributed by atoms with E-state index in [1.807, 2.05) is 0 Å². The molecule has 7 heteroatoms. The number of aromatic nitrogens is 1. The maximum absolute atomic E-state index is 8.49. The van der Waals surface area contributed by atoms with Gasteiger partial charge in [-0.3, -0.25) is 0 Å². The zero-order valence-electron chi connectivity index (χ0n) is 9.31. The minimum absolute atomic E-state index is 0.346. The molecule has 0 atom stereocenters. The summed E-state index contributed by atoms with van der Waals surface area (Å²) in [5.41, 5.74) is 1.24. The van der Waals surface area contributed by atoms with Gasteiger partial charge in [0.1, 0.15) is 12.5 Å². The van der Waals surface area contributed by atoms with Gasteiger partial charge in [-0.15, -0.1) is 10.2 Å². The lowest BCUT2D eigenvalue weighted by Crippen LogP contribution is -2.68. The van der Waals surface area contributed by atoms with Gasteiger partial charge in [0.2, 0.25) is 0 Å². The van der Waals surface area contributed by atoms with Crippen LogP contribution in [-0.4, -0.2) is 17.5 Å². The third-order valence-corrected chi connectivity index (χ3v) is 3.21. The number of aromatic amines is 1. The highest BCUT2D eigenvalue weighted by Gasteiger charge is 2.13. The molecule has 2 rings (SSSR count). The predicted molar refractivity (Wildman–Crippen MR) is 55.8 cm³/mol. The molecular formula is C10H12ClNO4S. The first-order chi connectivity index (χ1) is 7.79. The summed E-state index contributed by atoms with van der Waals surface area (Å²) in [7, 11) is -4.60. The Kier molecular flexibility index (Phi) is 4.81. The Morgan fingerprint density at radius 2 is 1.59 bits per heavy atom. The topological polar surface area (TPSA) is 108 Å². The third kappa shape index (κ3) is 4.95. The highest BCUT2D eigenvalue weighted by Crippen LogP contribution is 2.21. The van der Waals surface area contributed by atoms with Crippen molar-refractivity contribution in [2.75, 3.05) is 12.5 Å². The van der Waals surface area contributed by atoms with E-state index in [1.54, 1.807) is 0 Å². The Bertz CT molecular complexity index is 474. The van der Waals surface area contributed by atoms with E-state index < -0.39 is 10.2 Å². The predicted octanol–water partition coefficient (Wildman–Crippen LogP) is -2.35. The van der Waals surface area contributed by atoms with Crippen LogP contribution < -0.4 is 18.6 Å². The van der Waals surface area contributed by atoms with Crippen LogP contribution in [-0.2, 0) is 10.9 Å². The summed E-state index contributed by atoms with van der Waals surface area (Å²) >= 11 is 0. The minimum Gasteiger partial charge on any atom is -0.357 e. The Balaban J connectivity index is 0.000000249. The minimum atomic E-state index is -4.94. The number of hydrogen-bond donors (Lipinski definition) is 1. The number of halogens is 1. The van der Waals surface area contributed by atoms with Crippen molar-refractivity contribution in [3.05, 3.63) is 30.5 Å². The molecule has 5 nitrogen and oxygen atoms in total. The molecular weight excluding hydrogens is 266 g/mol. The van der Waals surface area contributed by atoms with Crippen LogP contribution in [0.25, 0.3) is 10.9 Å². The van der Waals surface area contributed by atoms with Gasteiger partial charge in [0.25, 0.3) is 0 Å². The fourth-order valence-electron chi connectivity index (χ4n) is 1.38. The number of para-hydroxylation sites is 1. The number of fused-ring (bicyclic) bond motifs is 1. The molecule has 94 valence electrons.